The molecule has 0 saturated heterocycles. The normalized spacial score (nSPS) is 30.4. The van der Waals surface area contributed by atoms with Gasteiger partial charge in [0.1, 0.15) is 5.54 Å². The molecule has 1 rings (SSSR count). The van der Waals surface area contributed by atoms with Crippen molar-refractivity contribution in [1.82, 2.24) is 5.32 Å². The zero-order valence-corrected chi connectivity index (χ0v) is 11.4. The molecule has 0 heterocycles. The van der Waals surface area contributed by atoms with Gasteiger partial charge in [-0.15, -0.1) is 0 Å². The lowest BCUT2D eigenvalue weighted by Gasteiger charge is -2.25. The van der Waals surface area contributed by atoms with Gasteiger partial charge in [0.05, 0.1) is 0 Å². The maximum Gasteiger partial charge on any atom is 0.323 e. The molecule has 3 N–H and O–H groups in total. The largest absolute Gasteiger partial charge is 0.480 e. The van der Waals surface area contributed by atoms with Crippen molar-refractivity contribution in [3.05, 3.63) is 0 Å². The number of thioether (sulfide) groups is 1. The van der Waals surface area contributed by atoms with Gasteiger partial charge in [-0.3, -0.25) is 4.79 Å². The van der Waals surface area contributed by atoms with Gasteiger partial charge in [-0.25, -0.2) is 0 Å². The Labute approximate surface area is 107 Å². The second-order valence-electron chi connectivity index (χ2n) is 4.90. The fraction of sp³-hybridized carbons (Fsp3) is 0.917. The van der Waals surface area contributed by atoms with Crippen LogP contribution in [0, 0.1) is 5.92 Å². The zero-order chi connectivity index (χ0) is 12.9. The number of hydrogen-bond donors (Lipinski definition) is 3. The number of hydrogen-bond acceptors (Lipinski definition) is 4. The molecule has 1 fully saturated rings. The molecule has 17 heavy (non-hydrogen) atoms. The van der Waals surface area contributed by atoms with E-state index in [1.54, 1.807) is 11.8 Å². The molecule has 0 aromatic carbocycles. The van der Waals surface area contributed by atoms with E-state index in [2.05, 4.69) is 5.32 Å². The second kappa shape index (κ2) is 6.61. The first-order valence-corrected chi connectivity index (χ1v) is 7.30. The maximum absolute atomic E-state index is 11.3. The molecule has 0 spiro atoms. The quantitative estimate of drug-likeness (QED) is 0.645. The average Bonchev–Trinajstić information content (AvgIpc) is 2.71. The van der Waals surface area contributed by atoms with Crippen LogP contribution in [0.2, 0.25) is 0 Å². The number of rotatable bonds is 7. The van der Waals surface area contributed by atoms with Gasteiger partial charge in [0.15, 0.2) is 0 Å². The maximum atomic E-state index is 11.3. The summed E-state index contributed by atoms with van der Waals surface area (Å²) < 4.78 is 0. The fourth-order valence-electron chi connectivity index (χ4n) is 2.26. The van der Waals surface area contributed by atoms with Crippen LogP contribution in [0.15, 0.2) is 0 Å². The molecule has 0 bridgehead atoms. The summed E-state index contributed by atoms with van der Waals surface area (Å²) in [4.78, 5) is 11.3. The summed E-state index contributed by atoms with van der Waals surface area (Å²) in [6.45, 7) is 4.85. The third kappa shape index (κ3) is 3.86. The summed E-state index contributed by atoms with van der Waals surface area (Å²) in [6.07, 6.45) is 2.35. The van der Waals surface area contributed by atoms with E-state index in [4.69, 9.17) is 5.11 Å². The molecular weight excluding hydrogens is 238 g/mol. The molecule has 100 valence electrons. The van der Waals surface area contributed by atoms with Crippen LogP contribution in [0.1, 0.15) is 33.1 Å². The number of carboxylic acid groups (broad SMARTS) is 1. The zero-order valence-electron chi connectivity index (χ0n) is 10.6. The monoisotopic (exact) mass is 261 g/mol. The highest BCUT2D eigenvalue weighted by atomic mass is 32.2. The van der Waals surface area contributed by atoms with E-state index < -0.39 is 11.5 Å². The lowest BCUT2D eigenvalue weighted by Crippen LogP contribution is -2.50. The number of carbonyl (C=O) groups is 1. The number of aliphatic hydroxyl groups excluding tert-OH is 1. The van der Waals surface area contributed by atoms with Crippen LogP contribution in [0.5, 0.6) is 0 Å². The van der Waals surface area contributed by atoms with Gasteiger partial charge in [-0.2, -0.15) is 11.8 Å². The molecule has 0 aromatic heterocycles. The molecular formula is C12H23NO3S. The van der Waals surface area contributed by atoms with Gasteiger partial charge in [0.25, 0.3) is 0 Å². The van der Waals surface area contributed by atoms with E-state index in [1.165, 1.54) is 0 Å². The van der Waals surface area contributed by atoms with E-state index in [0.717, 1.165) is 12.2 Å². The Morgan fingerprint density at radius 3 is 2.88 bits per heavy atom. The standard InChI is InChI=1S/C12H23NO3S/c1-3-13-12(11(15)16)5-4-10(6-12)17-8-9(2)7-14/h9-10,13-14H,3-8H2,1-2H3,(H,15,16). The summed E-state index contributed by atoms with van der Waals surface area (Å²) in [5.41, 5.74) is -0.713. The van der Waals surface area contributed by atoms with Crippen LogP contribution in [-0.4, -0.2) is 45.9 Å². The minimum atomic E-state index is -0.724. The minimum absolute atomic E-state index is 0.205. The summed E-state index contributed by atoms with van der Waals surface area (Å²) in [5.74, 6) is 0.472. The molecule has 4 nitrogen and oxygen atoms in total. The molecule has 0 radical (unpaired) electrons. The van der Waals surface area contributed by atoms with E-state index in [9.17, 15) is 9.90 Å². The van der Waals surface area contributed by atoms with Gasteiger partial charge in [0, 0.05) is 11.9 Å². The highest BCUT2D eigenvalue weighted by Gasteiger charge is 2.44. The van der Waals surface area contributed by atoms with Crippen LogP contribution in [0.4, 0.5) is 0 Å². The third-order valence-electron chi connectivity index (χ3n) is 3.32. The highest BCUT2D eigenvalue weighted by Crippen LogP contribution is 2.37. The Hall–Kier alpha value is -0.260. The van der Waals surface area contributed by atoms with E-state index >= 15 is 0 Å². The first kappa shape index (κ1) is 14.8. The molecule has 0 aromatic rings. The summed E-state index contributed by atoms with van der Waals surface area (Å²) in [6, 6.07) is 0. The number of nitrogens with one attached hydrogen (secondary N) is 1. The highest BCUT2D eigenvalue weighted by molar-refractivity contribution is 7.99. The Bertz CT molecular complexity index is 262. The van der Waals surface area contributed by atoms with Crippen molar-refractivity contribution in [1.29, 1.82) is 0 Å². The van der Waals surface area contributed by atoms with Crippen molar-refractivity contribution < 1.29 is 15.0 Å². The topological polar surface area (TPSA) is 69.6 Å². The molecule has 1 saturated carbocycles. The smallest absolute Gasteiger partial charge is 0.323 e. The molecule has 3 unspecified atom stereocenters. The van der Waals surface area contributed by atoms with Gasteiger partial charge in [0.2, 0.25) is 0 Å². The lowest BCUT2D eigenvalue weighted by molar-refractivity contribution is -0.144. The minimum Gasteiger partial charge on any atom is -0.480 e. The average molecular weight is 261 g/mol. The number of carboxylic acids is 1. The fourth-order valence-corrected chi connectivity index (χ4v) is 3.66. The van der Waals surface area contributed by atoms with Crippen LogP contribution in [0.3, 0.4) is 0 Å². The predicted octanol–water partition coefficient (Wildman–Crippen LogP) is 1.33. The summed E-state index contributed by atoms with van der Waals surface area (Å²) in [7, 11) is 0. The first-order chi connectivity index (χ1) is 8.04. The van der Waals surface area contributed by atoms with Crippen LogP contribution in [0.25, 0.3) is 0 Å². The Morgan fingerprint density at radius 1 is 1.65 bits per heavy atom. The molecule has 3 atom stereocenters. The van der Waals surface area contributed by atoms with Crippen molar-refractivity contribution in [2.24, 2.45) is 5.92 Å². The number of likely N-dealkylation sites (N-methyl/N-ethyl adjacent to an activating group) is 1. The molecule has 5 heteroatoms. The van der Waals surface area contributed by atoms with Crippen molar-refractivity contribution in [2.75, 3.05) is 18.9 Å². The SMILES string of the molecule is CCNC1(C(=O)O)CCC(SCC(C)CO)C1. The second-order valence-corrected chi connectivity index (χ2v) is 6.24. The third-order valence-corrected chi connectivity index (χ3v) is 4.96. The summed E-state index contributed by atoms with van der Waals surface area (Å²) in [5, 5.41) is 21.8. The Kier molecular flexibility index (Phi) is 5.76. The van der Waals surface area contributed by atoms with Gasteiger partial charge in [-0.1, -0.05) is 13.8 Å². The van der Waals surface area contributed by atoms with Crippen LogP contribution in [-0.2, 0) is 4.79 Å². The number of aliphatic hydroxyl groups is 1. The van der Waals surface area contributed by atoms with Gasteiger partial charge < -0.3 is 15.5 Å². The van der Waals surface area contributed by atoms with Crippen molar-refractivity contribution in [2.45, 2.75) is 43.9 Å². The number of aliphatic carboxylic acids is 1. The Balaban J connectivity index is 2.46. The van der Waals surface area contributed by atoms with Gasteiger partial charge in [-0.05, 0) is 37.5 Å². The lowest BCUT2D eigenvalue weighted by atomic mass is 9.98. The molecule has 1 aliphatic rings. The first-order valence-electron chi connectivity index (χ1n) is 6.25. The Morgan fingerprint density at radius 2 is 2.35 bits per heavy atom. The van der Waals surface area contributed by atoms with Crippen LogP contribution >= 0.6 is 11.8 Å². The molecule has 1 aliphatic carbocycles. The van der Waals surface area contributed by atoms with Crippen LogP contribution < -0.4 is 5.32 Å². The molecule has 0 aliphatic heterocycles. The van der Waals surface area contributed by atoms with Crippen molar-refractivity contribution in [3.8, 4) is 0 Å². The van der Waals surface area contributed by atoms with Crippen molar-refractivity contribution in [3.63, 3.8) is 0 Å². The predicted molar refractivity (Wildman–Crippen MR) is 70.4 cm³/mol. The van der Waals surface area contributed by atoms with E-state index in [1.807, 2.05) is 13.8 Å². The summed E-state index contributed by atoms with van der Waals surface area (Å²) >= 11 is 1.80. The van der Waals surface area contributed by atoms with E-state index in [-0.39, 0.29) is 6.61 Å². The van der Waals surface area contributed by atoms with Gasteiger partial charge >= 0.3 is 5.97 Å². The van der Waals surface area contributed by atoms with Crippen molar-refractivity contribution >= 4 is 17.7 Å². The van der Waals surface area contributed by atoms with E-state index in [0.29, 0.717) is 30.6 Å². The molecule has 0 amide bonds.